The van der Waals surface area contributed by atoms with Gasteiger partial charge in [0.1, 0.15) is 17.2 Å². The average molecular weight is 428 g/mol. The van der Waals surface area contributed by atoms with Crippen LogP contribution in [0.25, 0.3) is 5.57 Å². The van der Waals surface area contributed by atoms with E-state index in [4.69, 9.17) is 9.47 Å². The summed E-state index contributed by atoms with van der Waals surface area (Å²) in [6.07, 6.45) is 0. The van der Waals surface area contributed by atoms with E-state index in [0.29, 0.717) is 22.6 Å². The second kappa shape index (κ2) is 8.98. The standard InChI is InChI=1S/C26H24N2O4/c1-17-7-6-8-19(15-17)27-24-23(21-9-4-5-10-22(21)32-3)25(29)28(26(24)30)16-18-11-13-20(31-2)14-12-18/h4-15,27H,16H2,1-3H3. The molecule has 0 aromatic heterocycles. The minimum Gasteiger partial charge on any atom is -0.497 e. The zero-order chi connectivity index (χ0) is 22.7. The highest BCUT2D eigenvalue weighted by atomic mass is 16.5. The van der Waals surface area contributed by atoms with Crippen LogP contribution >= 0.6 is 0 Å². The fourth-order valence-corrected chi connectivity index (χ4v) is 3.72. The number of carbonyl (C=O) groups is 2. The fourth-order valence-electron chi connectivity index (χ4n) is 3.72. The molecule has 0 unspecified atom stereocenters. The summed E-state index contributed by atoms with van der Waals surface area (Å²) in [5, 5.41) is 3.19. The monoisotopic (exact) mass is 428 g/mol. The Morgan fingerprint density at radius 1 is 0.844 bits per heavy atom. The first-order valence-corrected chi connectivity index (χ1v) is 10.2. The Labute approximate surface area is 187 Å². The molecule has 4 rings (SSSR count). The van der Waals surface area contributed by atoms with Crippen LogP contribution in [-0.4, -0.2) is 30.9 Å². The molecule has 0 aliphatic carbocycles. The highest BCUT2D eigenvalue weighted by Crippen LogP contribution is 2.36. The van der Waals surface area contributed by atoms with E-state index in [1.54, 1.807) is 38.5 Å². The molecule has 0 bridgehead atoms. The molecule has 6 nitrogen and oxygen atoms in total. The topological polar surface area (TPSA) is 67.9 Å². The third kappa shape index (κ3) is 4.07. The molecule has 1 heterocycles. The molecule has 0 atom stereocenters. The minimum atomic E-state index is -0.381. The largest absolute Gasteiger partial charge is 0.497 e. The molecule has 32 heavy (non-hydrogen) atoms. The summed E-state index contributed by atoms with van der Waals surface area (Å²) in [6.45, 7) is 2.12. The van der Waals surface area contributed by atoms with Crippen molar-refractivity contribution < 1.29 is 19.1 Å². The predicted molar refractivity (Wildman–Crippen MR) is 123 cm³/mol. The maximum Gasteiger partial charge on any atom is 0.278 e. The molecule has 0 saturated carbocycles. The summed E-state index contributed by atoms with van der Waals surface area (Å²) in [7, 11) is 3.14. The first-order chi connectivity index (χ1) is 15.5. The Bertz CT molecular complexity index is 1200. The van der Waals surface area contributed by atoms with Crippen molar-refractivity contribution in [3.8, 4) is 11.5 Å². The van der Waals surface area contributed by atoms with E-state index in [1.165, 1.54) is 4.90 Å². The predicted octanol–water partition coefficient (Wildman–Crippen LogP) is 4.40. The second-order valence-corrected chi connectivity index (χ2v) is 7.49. The Morgan fingerprint density at radius 3 is 2.28 bits per heavy atom. The van der Waals surface area contributed by atoms with Crippen LogP contribution in [0.5, 0.6) is 11.5 Å². The van der Waals surface area contributed by atoms with Crippen LogP contribution in [0.3, 0.4) is 0 Å². The van der Waals surface area contributed by atoms with E-state index in [-0.39, 0.29) is 24.1 Å². The average Bonchev–Trinajstić information content (AvgIpc) is 3.03. The van der Waals surface area contributed by atoms with E-state index in [1.807, 2.05) is 55.5 Å². The Hall–Kier alpha value is -4.06. The number of methoxy groups -OCH3 is 2. The normalized spacial score (nSPS) is 13.5. The molecule has 0 spiro atoms. The first-order valence-electron chi connectivity index (χ1n) is 10.2. The molecule has 0 fully saturated rings. The summed E-state index contributed by atoms with van der Waals surface area (Å²) in [5.41, 5.74) is 3.70. The van der Waals surface area contributed by atoms with Gasteiger partial charge >= 0.3 is 0 Å². The van der Waals surface area contributed by atoms with Crippen molar-refractivity contribution in [3.63, 3.8) is 0 Å². The van der Waals surface area contributed by atoms with Crippen LogP contribution < -0.4 is 14.8 Å². The molecule has 1 N–H and O–H groups in total. The van der Waals surface area contributed by atoms with Gasteiger partial charge in [-0.25, -0.2) is 0 Å². The van der Waals surface area contributed by atoms with Crippen molar-refractivity contribution in [1.29, 1.82) is 0 Å². The number of para-hydroxylation sites is 1. The van der Waals surface area contributed by atoms with Gasteiger partial charge in [0.15, 0.2) is 0 Å². The van der Waals surface area contributed by atoms with E-state index < -0.39 is 0 Å². The lowest BCUT2D eigenvalue weighted by atomic mass is 10.0. The quantitative estimate of drug-likeness (QED) is 0.565. The summed E-state index contributed by atoms with van der Waals surface area (Å²) in [6, 6.07) is 22.2. The maximum atomic E-state index is 13.5. The second-order valence-electron chi connectivity index (χ2n) is 7.49. The number of imide groups is 1. The van der Waals surface area contributed by atoms with Crippen molar-refractivity contribution in [2.24, 2.45) is 0 Å². The lowest BCUT2D eigenvalue weighted by molar-refractivity contribution is -0.137. The van der Waals surface area contributed by atoms with Gasteiger partial charge in [-0.1, -0.05) is 42.5 Å². The lowest BCUT2D eigenvalue weighted by Gasteiger charge is -2.16. The van der Waals surface area contributed by atoms with Crippen LogP contribution in [0.4, 0.5) is 5.69 Å². The molecule has 0 saturated heterocycles. The highest BCUT2D eigenvalue weighted by molar-refractivity contribution is 6.36. The zero-order valence-electron chi connectivity index (χ0n) is 18.2. The van der Waals surface area contributed by atoms with Crippen molar-refractivity contribution >= 4 is 23.1 Å². The van der Waals surface area contributed by atoms with Gasteiger partial charge in [0.25, 0.3) is 11.8 Å². The fraction of sp³-hybridized carbons (Fsp3) is 0.154. The number of nitrogens with one attached hydrogen (secondary N) is 1. The number of anilines is 1. The van der Waals surface area contributed by atoms with E-state index in [9.17, 15) is 9.59 Å². The smallest absolute Gasteiger partial charge is 0.278 e. The number of nitrogens with zero attached hydrogens (tertiary/aromatic N) is 1. The lowest BCUT2D eigenvalue weighted by Crippen LogP contribution is -2.32. The van der Waals surface area contributed by atoms with Gasteiger partial charge in [-0.2, -0.15) is 0 Å². The maximum absolute atomic E-state index is 13.5. The first kappa shape index (κ1) is 21.2. The van der Waals surface area contributed by atoms with E-state index in [2.05, 4.69) is 5.32 Å². The van der Waals surface area contributed by atoms with E-state index >= 15 is 0 Å². The van der Waals surface area contributed by atoms with Gasteiger partial charge in [-0.05, 0) is 48.4 Å². The highest BCUT2D eigenvalue weighted by Gasteiger charge is 2.40. The third-order valence-corrected chi connectivity index (χ3v) is 5.33. The SMILES string of the molecule is COc1ccc(CN2C(=O)C(Nc3cccc(C)c3)=C(c3ccccc3OC)C2=O)cc1. The molecule has 3 aromatic rings. The van der Waals surface area contributed by atoms with Crippen molar-refractivity contribution in [3.05, 3.63) is 95.2 Å². The van der Waals surface area contributed by atoms with Crippen molar-refractivity contribution in [2.75, 3.05) is 19.5 Å². The number of ether oxygens (including phenoxy) is 2. The number of rotatable bonds is 7. The molecule has 2 amide bonds. The Morgan fingerprint density at radius 2 is 1.59 bits per heavy atom. The number of hydrogen-bond donors (Lipinski definition) is 1. The molecular formula is C26H24N2O4. The van der Waals surface area contributed by atoms with Gasteiger partial charge in [-0.3, -0.25) is 14.5 Å². The van der Waals surface area contributed by atoms with Crippen molar-refractivity contribution in [2.45, 2.75) is 13.5 Å². The summed E-state index contributed by atoms with van der Waals surface area (Å²) in [5.74, 6) is 0.486. The number of carbonyl (C=O) groups excluding carboxylic acids is 2. The van der Waals surface area contributed by atoms with Gasteiger partial charge in [0.2, 0.25) is 0 Å². The molecule has 1 aliphatic heterocycles. The summed E-state index contributed by atoms with van der Waals surface area (Å²) >= 11 is 0. The van der Waals surface area contributed by atoms with E-state index in [0.717, 1.165) is 16.8 Å². The minimum absolute atomic E-state index is 0.152. The van der Waals surface area contributed by atoms with Crippen LogP contribution in [0.1, 0.15) is 16.7 Å². The molecule has 6 heteroatoms. The molecule has 162 valence electrons. The number of amides is 2. The summed E-state index contributed by atoms with van der Waals surface area (Å²) in [4.78, 5) is 28.2. The molecule has 1 aliphatic rings. The molecule has 3 aromatic carbocycles. The van der Waals surface area contributed by atoms with Crippen LogP contribution in [-0.2, 0) is 16.1 Å². The number of aryl methyl sites for hydroxylation is 1. The van der Waals surface area contributed by atoms with Crippen LogP contribution in [0.15, 0.2) is 78.5 Å². The van der Waals surface area contributed by atoms with Gasteiger partial charge < -0.3 is 14.8 Å². The van der Waals surface area contributed by atoms with Crippen molar-refractivity contribution in [1.82, 2.24) is 4.90 Å². The van der Waals surface area contributed by atoms with Gasteiger partial charge in [0, 0.05) is 11.3 Å². The van der Waals surface area contributed by atoms with Crippen LogP contribution in [0, 0.1) is 6.92 Å². The Balaban J connectivity index is 1.75. The number of hydrogen-bond acceptors (Lipinski definition) is 5. The van der Waals surface area contributed by atoms with Gasteiger partial charge in [0.05, 0.1) is 26.3 Å². The van der Waals surface area contributed by atoms with Crippen LogP contribution in [0.2, 0.25) is 0 Å². The third-order valence-electron chi connectivity index (χ3n) is 5.33. The zero-order valence-corrected chi connectivity index (χ0v) is 18.2. The molecular weight excluding hydrogens is 404 g/mol. The summed E-state index contributed by atoms with van der Waals surface area (Å²) < 4.78 is 10.7. The Kier molecular flexibility index (Phi) is 5.94. The number of benzene rings is 3. The van der Waals surface area contributed by atoms with Gasteiger partial charge in [-0.15, -0.1) is 0 Å². The molecule has 0 radical (unpaired) electrons.